The molecule has 0 aromatic rings. The van der Waals surface area contributed by atoms with Crippen molar-refractivity contribution in [1.29, 1.82) is 0 Å². The molecule has 182 valence electrons. The molecule has 2 N–H and O–H groups in total. The first-order valence-corrected chi connectivity index (χ1v) is 12.8. The third-order valence-electron chi connectivity index (χ3n) is 5.95. The molecule has 0 saturated heterocycles. The number of nitrogens with one attached hydrogen (secondary N) is 1. The van der Waals surface area contributed by atoms with Crippen LogP contribution < -0.4 is 5.32 Å². The van der Waals surface area contributed by atoms with Gasteiger partial charge in [-0.2, -0.15) is 0 Å². The molecule has 0 fully saturated rings. The van der Waals surface area contributed by atoms with Gasteiger partial charge in [-0.15, -0.1) is 0 Å². The zero-order valence-corrected chi connectivity index (χ0v) is 20.1. The van der Waals surface area contributed by atoms with Crippen LogP contribution in [-0.2, 0) is 14.4 Å². The van der Waals surface area contributed by atoms with Gasteiger partial charge in [-0.05, 0) is 6.42 Å². The number of hydrogen-bond acceptors (Lipinski definition) is 4. The SMILES string of the molecule is CCCCCCCCCCCCCCCC(=O)CCC(=O)NC(CC1=CCC=N1)C(=O)O. The fourth-order valence-electron chi connectivity index (χ4n) is 3.94. The van der Waals surface area contributed by atoms with Crippen LogP contribution in [0.3, 0.4) is 0 Å². The highest BCUT2D eigenvalue weighted by Gasteiger charge is 2.22. The van der Waals surface area contributed by atoms with Gasteiger partial charge < -0.3 is 10.4 Å². The lowest BCUT2D eigenvalue weighted by atomic mass is 10.0. The zero-order valence-electron chi connectivity index (χ0n) is 20.1. The van der Waals surface area contributed by atoms with Crippen LogP contribution in [0.15, 0.2) is 16.8 Å². The number of nitrogens with zero attached hydrogens (tertiary/aromatic N) is 1. The quantitative estimate of drug-likeness (QED) is 0.206. The van der Waals surface area contributed by atoms with Gasteiger partial charge in [-0.3, -0.25) is 14.6 Å². The Hall–Kier alpha value is -1.98. The Bertz CT molecular complexity index is 613. The van der Waals surface area contributed by atoms with Crippen molar-refractivity contribution in [1.82, 2.24) is 5.32 Å². The van der Waals surface area contributed by atoms with Gasteiger partial charge in [0.25, 0.3) is 0 Å². The minimum Gasteiger partial charge on any atom is -0.480 e. The second-order valence-electron chi connectivity index (χ2n) is 8.94. The number of hydrogen-bond donors (Lipinski definition) is 2. The van der Waals surface area contributed by atoms with E-state index in [1.165, 1.54) is 70.6 Å². The molecule has 6 nitrogen and oxygen atoms in total. The van der Waals surface area contributed by atoms with Crippen molar-refractivity contribution in [3.8, 4) is 0 Å². The van der Waals surface area contributed by atoms with Gasteiger partial charge in [0.05, 0.1) is 0 Å². The highest BCUT2D eigenvalue weighted by Crippen LogP contribution is 2.14. The average molecular weight is 449 g/mol. The third-order valence-corrected chi connectivity index (χ3v) is 5.95. The van der Waals surface area contributed by atoms with Crippen LogP contribution in [0, 0.1) is 0 Å². The van der Waals surface area contributed by atoms with Crippen molar-refractivity contribution in [2.24, 2.45) is 4.99 Å². The van der Waals surface area contributed by atoms with E-state index in [0.29, 0.717) is 18.5 Å². The molecule has 0 aromatic carbocycles. The van der Waals surface area contributed by atoms with E-state index >= 15 is 0 Å². The number of rotatable bonds is 21. The summed E-state index contributed by atoms with van der Waals surface area (Å²) in [5, 5.41) is 11.8. The van der Waals surface area contributed by atoms with Crippen LogP contribution in [0.4, 0.5) is 0 Å². The zero-order chi connectivity index (χ0) is 23.4. The second kappa shape index (κ2) is 18.6. The molecule has 1 aliphatic rings. The molecule has 1 aliphatic heterocycles. The van der Waals surface area contributed by atoms with Crippen molar-refractivity contribution in [2.75, 3.05) is 0 Å². The molecule has 1 heterocycles. The van der Waals surface area contributed by atoms with E-state index in [9.17, 15) is 19.5 Å². The van der Waals surface area contributed by atoms with Gasteiger partial charge >= 0.3 is 5.97 Å². The Balaban J connectivity index is 1.97. The van der Waals surface area contributed by atoms with Crippen LogP contribution in [0.2, 0.25) is 0 Å². The monoisotopic (exact) mass is 448 g/mol. The first-order valence-electron chi connectivity index (χ1n) is 12.8. The molecular formula is C26H44N2O4. The number of carboxylic acid groups (broad SMARTS) is 1. The number of aliphatic carboxylic acids is 1. The van der Waals surface area contributed by atoms with Crippen molar-refractivity contribution >= 4 is 23.9 Å². The van der Waals surface area contributed by atoms with E-state index in [4.69, 9.17) is 0 Å². The number of amides is 1. The summed E-state index contributed by atoms with van der Waals surface area (Å²) in [4.78, 5) is 39.5. The van der Waals surface area contributed by atoms with Crippen molar-refractivity contribution < 1.29 is 19.5 Å². The lowest BCUT2D eigenvalue weighted by Crippen LogP contribution is -2.41. The van der Waals surface area contributed by atoms with Gasteiger partial charge in [-0.1, -0.05) is 90.0 Å². The molecule has 0 bridgehead atoms. The number of carboxylic acids is 1. The number of ketones is 1. The fraction of sp³-hybridized carbons (Fsp3) is 0.769. The summed E-state index contributed by atoms with van der Waals surface area (Å²) < 4.78 is 0. The van der Waals surface area contributed by atoms with Crippen molar-refractivity contribution in [2.45, 2.75) is 129 Å². The molecule has 0 aromatic heterocycles. The Labute approximate surface area is 194 Å². The largest absolute Gasteiger partial charge is 0.480 e. The summed E-state index contributed by atoms with van der Waals surface area (Å²) in [5.74, 6) is -1.39. The van der Waals surface area contributed by atoms with Gasteiger partial charge in [0, 0.05) is 44.0 Å². The standard InChI is InChI=1S/C26H44N2O4/c1-2-3-4-5-6-7-8-9-10-11-12-13-14-17-23(29)18-19-25(30)28-24(26(31)32)21-22-16-15-20-27-22/h16,20,24H,2-15,17-19,21H2,1H3,(H,28,30)(H,31,32). The van der Waals surface area contributed by atoms with Gasteiger partial charge in [0.1, 0.15) is 11.8 Å². The highest BCUT2D eigenvalue weighted by atomic mass is 16.4. The normalized spacial score (nSPS) is 13.7. The van der Waals surface area contributed by atoms with Gasteiger partial charge in [0.15, 0.2) is 0 Å². The lowest BCUT2D eigenvalue weighted by molar-refractivity contribution is -0.141. The Morgan fingerprint density at radius 1 is 0.875 bits per heavy atom. The molecule has 32 heavy (non-hydrogen) atoms. The third kappa shape index (κ3) is 14.9. The number of carbonyl (C=O) groups excluding carboxylic acids is 2. The van der Waals surface area contributed by atoms with Crippen molar-refractivity contribution in [3.63, 3.8) is 0 Å². The number of unbranched alkanes of at least 4 members (excludes halogenated alkanes) is 12. The van der Waals surface area contributed by atoms with Crippen LogP contribution in [-0.4, -0.2) is 35.0 Å². The molecule has 1 amide bonds. The summed E-state index contributed by atoms with van der Waals surface area (Å²) in [6.45, 7) is 2.25. The smallest absolute Gasteiger partial charge is 0.326 e. The summed E-state index contributed by atoms with van der Waals surface area (Å²) in [6, 6.07) is -1.000. The summed E-state index contributed by atoms with van der Waals surface area (Å²) in [7, 11) is 0. The van der Waals surface area contributed by atoms with Crippen LogP contribution in [0.25, 0.3) is 0 Å². The Morgan fingerprint density at radius 2 is 1.44 bits per heavy atom. The number of carbonyl (C=O) groups is 3. The highest BCUT2D eigenvalue weighted by molar-refractivity contribution is 5.87. The molecule has 0 spiro atoms. The summed E-state index contributed by atoms with van der Waals surface area (Å²) >= 11 is 0. The number of Topliss-reactive ketones (excluding diaryl/α,β-unsaturated/α-hetero) is 1. The number of aliphatic imine (C=N–C) groups is 1. The molecule has 1 unspecified atom stereocenters. The Morgan fingerprint density at radius 3 is 1.94 bits per heavy atom. The predicted molar refractivity (Wildman–Crippen MR) is 130 cm³/mol. The maximum absolute atomic E-state index is 12.0. The van der Waals surface area contributed by atoms with E-state index in [0.717, 1.165) is 12.8 Å². The minimum absolute atomic E-state index is 0.0450. The summed E-state index contributed by atoms with van der Waals surface area (Å²) in [5.41, 5.74) is 0.677. The fourth-order valence-corrected chi connectivity index (χ4v) is 3.94. The summed E-state index contributed by atoms with van der Waals surface area (Å²) in [6.07, 6.45) is 21.7. The van der Waals surface area contributed by atoms with E-state index in [1.807, 2.05) is 6.08 Å². The van der Waals surface area contributed by atoms with Crippen molar-refractivity contribution in [3.05, 3.63) is 11.8 Å². The topological polar surface area (TPSA) is 95.8 Å². The van der Waals surface area contributed by atoms with Crippen LogP contribution in [0.5, 0.6) is 0 Å². The van der Waals surface area contributed by atoms with Gasteiger partial charge in [0.2, 0.25) is 5.91 Å². The Kier molecular flexibility index (Phi) is 16.3. The molecule has 0 aliphatic carbocycles. The van der Waals surface area contributed by atoms with Crippen LogP contribution in [0.1, 0.15) is 122 Å². The predicted octanol–water partition coefficient (Wildman–Crippen LogP) is 6.13. The van der Waals surface area contributed by atoms with E-state index in [-0.39, 0.29) is 25.0 Å². The molecule has 1 rings (SSSR count). The average Bonchev–Trinajstić information content (AvgIpc) is 3.28. The molecule has 6 heteroatoms. The molecule has 0 saturated carbocycles. The maximum atomic E-state index is 12.0. The lowest BCUT2D eigenvalue weighted by Gasteiger charge is -2.14. The second-order valence-corrected chi connectivity index (χ2v) is 8.94. The maximum Gasteiger partial charge on any atom is 0.326 e. The van der Waals surface area contributed by atoms with Gasteiger partial charge in [-0.25, -0.2) is 4.79 Å². The molecular weight excluding hydrogens is 404 g/mol. The molecule has 1 atom stereocenters. The van der Waals surface area contributed by atoms with Crippen LogP contribution >= 0.6 is 0 Å². The van der Waals surface area contributed by atoms with E-state index in [2.05, 4.69) is 17.2 Å². The molecule has 0 radical (unpaired) electrons. The first-order chi connectivity index (χ1) is 15.5. The van der Waals surface area contributed by atoms with E-state index < -0.39 is 17.9 Å². The first kappa shape index (κ1) is 28.1. The minimum atomic E-state index is -1.08. The van der Waals surface area contributed by atoms with E-state index in [1.54, 1.807) is 6.21 Å². The number of allylic oxidation sites excluding steroid dienone is 1.